The summed E-state index contributed by atoms with van der Waals surface area (Å²) in [6.07, 6.45) is 1.60. The summed E-state index contributed by atoms with van der Waals surface area (Å²) < 4.78 is 1.70. The predicted molar refractivity (Wildman–Crippen MR) is 91.5 cm³/mol. The van der Waals surface area contributed by atoms with Gasteiger partial charge in [0.1, 0.15) is 5.69 Å². The van der Waals surface area contributed by atoms with Gasteiger partial charge in [-0.25, -0.2) is 4.98 Å². The van der Waals surface area contributed by atoms with Crippen LogP contribution >= 0.6 is 0 Å². The quantitative estimate of drug-likeness (QED) is 0.724. The number of hydrogen-bond donors (Lipinski definition) is 2. The van der Waals surface area contributed by atoms with Gasteiger partial charge in [0.05, 0.1) is 17.6 Å². The predicted octanol–water partition coefficient (Wildman–Crippen LogP) is 2.68. The summed E-state index contributed by atoms with van der Waals surface area (Å²) in [6, 6.07) is 1.85. The van der Waals surface area contributed by atoms with Gasteiger partial charge in [0.15, 0.2) is 11.4 Å². The number of aromatic nitrogens is 4. The van der Waals surface area contributed by atoms with Crippen molar-refractivity contribution in [3.8, 4) is 0 Å². The average molecular weight is 325 g/mol. The number of aryl methyl sites for hydroxylation is 3. The van der Waals surface area contributed by atoms with Crippen LogP contribution in [0.25, 0.3) is 11.0 Å². The monoisotopic (exact) mass is 325 g/mol. The van der Waals surface area contributed by atoms with E-state index in [2.05, 4.69) is 20.4 Å². The van der Waals surface area contributed by atoms with Crippen molar-refractivity contribution in [3.63, 3.8) is 0 Å². The average Bonchev–Trinajstić information content (AvgIpc) is 2.96. The highest BCUT2D eigenvalue weighted by atomic mass is 16.2. The molecule has 24 heavy (non-hydrogen) atoms. The van der Waals surface area contributed by atoms with Crippen molar-refractivity contribution in [2.75, 3.05) is 5.32 Å². The van der Waals surface area contributed by atoms with Crippen LogP contribution in [-0.2, 0) is 7.05 Å². The van der Waals surface area contributed by atoms with E-state index in [-0.39, 0.29) is 11.7 Å². The Morgan fingerprint density at radius 2 is 1.96 bits per heavy atom. The zero-order valence-electron chi connectivity index (χ0n) is 14.3. The third-order valence-electron chi connectivity index (χ3n) is 4.14. The lowest BCUT2D eigenvalue weighted by Crippen LogP contribution is -2.14. The fraction of sp³-hybridized carbons (Fsp3) is 0.294. The second-order valence-electron chi connectivity index (χ2n) is 5.94. The molecule has 3 rings (SSSR count). The fourth-order valence-electron chi connectivity index (χ4n) is 3.08. The van der Waals surface area contributed by atoms with Crippen LogP contribution in [0.3, 0.4) is 0 Å². The maximum Gasteiger partial charge on any atom is 0.272 e. The molecule has 0 aliphatic carbocycles. The molecule has 0 unspecified atom stereocenters. The number of fused-ring (bicyclic) bond motifs is 1. The normalized spacial score (nSPS) is 11.0. The third kappa shape index (κ3) is 2.47. The van der Waals surface area contributed by atoms with Crippen LogP contribution in [0.5, 0.6) is 0 Å². The maximum atomic E-state index is 12.5. The molecular formula is C17H19N5O2. The highest BCUT2D eigenvalue weighted by molar-refractivity contribution is 6.08. The van der Waals surface area contributed by atoms with Crippen LogP contribution in [0, 0.1) is 20.8 Å². The Labute approximate surface area is 139 Å². The first kappa shape index (κ1) is 15.9. The van der Waals surface area contributed by atoms with Crippen molar-refractivity contribution < 1.29 is 9.59 Å². The molecule has 7 heteroatoms. The van der Waals surface area contributed by atoms with Crippen LogP contribution in [0.4, 0.5) is 5.69 Å². The van der Waals surface area contributed by atoms with Gasteiger partial charge in [-0.2, -0.15) is 5.10 Å². The standard InChI is InChI=1S/C17H19N5O2/c1-8-14(11(4)23)10(3)19-15(8)17(24)20-12-6-13-9(2)21-22(5)16(13)18-7-12/h6-7,19H,1-5H3,(H,20,24). The van der Waals surface area contributed by atoms with E-state index in [1.807, 2.05) is 20.0 Å². The number of Topliss-reactive ketones (excluding diaryl/α,β-unsaturated/α-hetero) is 1. The molecule has 0 aliphatic rings. The van der Waals surface area contributed by atoms with Crippen molar-refractivity contribution in [1.29, 1.82) is 0 Å². The lowest BCUT2D eigenvalue weighted by molar-refractivity contribution is 0.101. The van der Waals surface area contributed by atoms with Gasteiger partial charge in [0.25, 0.3) is 5.91 Å². The molecule has 0 bridgehead atoms. The number of rotatable bonds is 3. The molecule has 3 heterocycles. The number of nitrogens with one attached hydrogen (secondary N) is 2. The van der Waals surface area contributed by atoms with Gasteiger partial charge in [-0.3, -0.25) is 14.3 Å². The molecule has 0 aromatic carbocycles. The van der Waals surface area contributed by atoms with Crippen molar-refractivity contribution in [2.45, 2.75) is 27.7 Å². The van der Waals surface area contributed by atoms with Gasteiger partial charge in [0, 0.05) is 23.7 Å². The molecule has 124 valence electrons. The molecular weight excluding hydrogens is 306 g/mol. The van der Waals surface area contributed by atoms with Crippen molar-refractivity contribution in [2.24, 2.45) is 7.05 Å². The maximum absolute atomic E-state index is 12.5. The van der Waals surface area contributed by atoms with E-state index in [1.165, 1.54) is 6.92 Å². The van der Waals surface area contributed by atoms with Crippen molar-refractivity contribution in [3.05, 3.63) is 40.5 Å². The number of carbonyl (C=O) groups is 2. The van der Waals surface area contributed by atoms with E-state index in [9.17, 15) is 9.59 Å². The van der Waals surface area contributed by atoms with Gasteiger partial charge in [-0.1, -0.05) is 0 Å². The topological polar surface area (TPSA) is 92.7 Å². The summed E-state index contributed by atoms with van der Waals surface area (Å²) in [5.74, 6) is -0.361. The van der Waals surface area contributed by atoms with E-state index >= 15 is 0 Å². The molecule has 2 N–H and O–H groups in total. The number of amides is 1. The van der Waals surface area contributed by atoms with Crippen LogP contribution < -0.4 is 5.32 Å². The molecule has 3 aromatic rings. The Bertz CT molecular complexity index is 981. The summed E-state index contributed by atoms with van der Waals surface area (Å²) in [5, 5.41) is 8.03. The summed E-state index contributed by atoms with van der Waals surface area (Å²) in [7, 11) is 1.83. The molecule has 0 spiro atoms. The molecule has 0 atom stereocenters. The van der Waals surface area contributed by atoms with Crippen LogP contribution in [0.1, 0.15) is 44.7 Å². The van der Waals surface area contributed by atoms with Crippen molar-refractivity contribution in [1.82, 2.24) is 19.7 Å². The number of ketones is 1. The summed E-state index contributed by atoms with van der Waals surface area (Å²) >= 11 is 0. The molecule has 1 amide bonds. The largest absolute Gasteiger partial charge is 0.354 e. The molecule has 0 radical (unpaired) electrons. The first-order chi connectivity index (χ1) is 11.3. The second kappa shape index (κ2) is 5.59. The number of carbonyl (C=O) groups excluding carboxylic acids is 2. The third-order valence-corrected chi connectivity index (χ3v) is 4.14. The van der Waals surface area contributed by atoms with E-state index in [1.54, 1.807) is 24.7 Å². The summed E-state index contributed by atoms with van der Waals surface area (Å²) in [6.45, 7) is 6.94. The highest BCUT2D eigenvalue weighted by Gasteiger charge is 2.20. The van der Waals surface area contributed by atoms with Crippen LogP contribution in [-0.4, -0.2) is 31.4 Å². The van der Waals surface area contributed by atoms with E-state index < -0.39 is 0 Å². The second-order valence-corrected chi connectivity index (χ2v) is 5.94. The zero-order chi connectivity index (χ0) is 17.6. The number of anilines is 1. The Morgan fingerprint density at radius 1 is 1.25 bits per heavy atom. The molecule has 0 aliphatic heterocycles. The SMILES string of the molecule is CC(=O)c1c(C)[nH]c(C(=O)Nc2cnc3c(c2)c(C)nn3C)c1C. The minimum absolute atomic E-state index is 0.0608. The zero-order valence-corrected chi connectivity index (χ0v) is 14.3. The first-order valence-corrected chi connectivity index (χ1v) is 7.60. The van der Waals surface area contributed by atoms with E-state index in [4.69, 9.17) is 0 Å². The first-order valence-electron chi connectivity index (χ1n) is 7.60. The Morgan fingerprint density at radius 3 is 2.58 bits per heavy atom. The molecule has 7 nitrogen and oxygen atoms in total. The van der Waals surface area contributed by atoms with Crippen molar-refractivity contribution >= 4 is 28.4 Å². The van der Waals surface area contributed by atoms with Crippen LogP contribution in [0.2, 0.25) is 0 Å². The van der Waals surface area contributed by atoms with Gasteiger partial charge in [-0.05, 0) is 39.3 Å². The Balaban J connectivity index is 1.94. The fourth-order valence-corrected chi connectivity index (χ4v) is 3.08. The molecule has 0 saturated carbocycles. The van der Waals surface area contributed by atoms with E-state index in [0.29, 0.717) is 28.2 Å². The molecule has 0 saturated heterocycles. The Hall–Kier alpha value is -2.96. The molecule has 3 aromatic heterocycles. The minimum atomic E-state index is -0.300. The van der Waals surface area contributed by atoms with Gasteiger partial charge in [0.2, 0.25) is 0 Å². The van der Waals surface area contributed by atoms with E-state index in [0.717, 1.165) is 16.7 Å². The lowest BCUT2D eigenvalue weighted by Gasteiger charge is -2.05. The minimum Gasteiger partial charge on any atom is -0.354 e. The number of hydrogen-bond acceptors (Lipinski definition) is 4. The number of aromatic amines is 1. The summed E-state index contributed by atoms with van der Waals surface area (Å²) in [4.78, 5) is 31.6. The van der Waals surface area contributed by atoms with Gasteiger partial charge in [-0.15, -0.1) is 0 Å². The number of nitrogens with zero attached hydrogens (tertiary/aromatic N) is 3. The number of H-pyrrole nitrogens is 1. The highest BCUT2D eigenvalue weighted by Crippen LogP contribution is 2.22. The Kier molecular flexibility index (Phi) is 3.71. The summed E-state index contributed by atoms with van der Waals surface area (Å²) in [5.41, 5.74) is 4.50. The lowest BCUT2D eigenvalue weighted by atomic mass is 10.1. The van der Waals surface area contributed by atoms with Gasteiger partial charge >= 0.3 is 0 Å². The van der Waals surface area contributed by atoms with Gasteiger partial charge < -0.3 is 10.3 Å². The number of pyridine rings is 1. The van der Waals surface area contributed by atoms with Crippen LogP contribution in [0.15, 0.2) is 12.3 Å². The smallest absolute Gasteiger partial charge is 0.272 e. The molecule has 0 fully saturated rings.